The summed E-state index contributed by atoms with van der Waals surface area (Å²) in [5, 5.41) is 5.09. The maximum Gasteiger partial charge on any atom is 0.272 e. The molecular weight excluding hydrogens is 505 g/mol. The van der Waals surface area contributed by atoms with Crippen molar-refractivity contribution in [2.75, 3.05) is 6.61 Å². The number of halogens is 3. The highest BCUT2D eigenvalue weighted by atomic mass is 79.9. The molecule has 0 saturated carbocycles. The summed E-state index contributed by atoms with van der Waals surface area (Å²) >= 11 is 15.7. The topological polar surface area (TPSA) is 72.8 Å². The van der Waals surface area contributed by atoms with Crippen LogP contribution in [-0.2, 0) is 6.61 Å². The van der Waals surface area contributed by atoms with E-state index in [0.717, 1.165) is 5.56 Å². The van der Waals surface area contributed by atoms with Crippen molar-refractivity contribution in [3.05, 3.63) is 86.1 Å². The van der Waals surface area contributed by atoms with E-state index >= 15 is 0 Å². The molecule has 0 saturated heterocycles. The van der Waals surface area contributed by atoms with Gasteiger partial charge in [-0.2, -0.15) is 5.10 Å². The van der Waals surface area contributed by atoms with Crippen molar-refractivity contribution in [2.24, 2.45) is 5.10 Å². The summed E-state index contributed by atoms with van der Waals surface area (Å²) < 4.78 is 12.4. The Hall–Kier alpha value is -2.61. The molecule has 0 spiro atoms. The van der Waals surface area contributed by atoms with Crippen molar-refractivity contribution >= 4 is 51.3 Å². The fourth-order valence-corrected chi connectivity index (χ4v) is 3.62. The van der Waals surface area contributed by atoms with Crippen molar-refractivity contribution in [3.8, 4) is 11.5 Å². The van der Waals surface area contributed by atoms with Crippen LogP contribution in [0, 0.1) is 0 Å². The third-order valence-electron chi connectivity index (χ3n) is 4.02. The van der Waals surface area contributed by atoms with Crippen molar-refractivity contribution < 1.29 is 14.3 Å². The van der Waals surface area contributed by atoms with E-state index in [1.165, 1.54) is 12.4 Å². The van der Waals surface area contributed by atoms with E-state index < -0.39 is 0 Å². The summed E-state index contributed by atoms with van der Waals surface area (Å²) in [6.45, 7) is 2.56. The average Bonchev–Trinajstić information content (AvgIpc) is 2.75. The molecule has 1 amide bonds. The zero-order valence-electron chi connectivity index (χ0n) is 16.4. The lowest BCUT2D eigenvalue weighted by atomic mass is 10.2. The second kappa shape index (κ2) is 11.1. The molecule has 160 valence electrons. The molecule has 1 aromatic heterocycles. The Bertz CT molecular complexity index is 1090. The van der Waals surface area contributed by atoms with Gasteiger partial charge in [0.05, 0.1) is 22.9 Å². The molecule has 9 heteroatoms. The largest absolute Gasteiger partial charge is 0.490 e. The third kappa shape index (κ3) is 6.43. The highest BCUT2D eigenvalue weighted by molar-refractivity contribution is 9.10. The van der Waals surface area contributed by atoms with E-state index in [4.69, 9.17) is 32.7 Å². The van der Waals surface area contributed by atoms with Gasteiger partial charge in [-0.1, -0.05) is 29.3 Å². The van der Waals surface area contributed by atoms with Crippen molar-refractivity contribution in [1.82, 2.24) is 10.4 Å². The summed E-state index contributed by atoms with van der Waals surface area (Å²) in [5.74, 6) is 0.708. The van der Waals surface area contributed by atoms with Gasteiger partial charge in [0.25, 0.3) is 5.91 Å². The molecule has 0 fully saturated rings. The van der Waals surface area contributed by atoms with Gasteiger partial charge in [-0.05, 0) is 64.8 Å². The number of hydrazone groups is 1. The second-order valence-corrected chi connectivity index (χ2v) is 7.93. The molecule has 0 bridgehead atoms. The zero-order valence-corrected chi connectivity index (χ0v) is 19.5. The molecular formula is C22H18BrCl2N3O3. The number of nitrogens with one attached hydrogen (secondary N) is 1. The molecule has 2 aromatic carbocycles. The molecule has 3 aromatic rings. The van der Waals surface area contributed by atoms with Gasteiger partial charge in [0.2, 0.25) is 0 Å². The molecule has 6 nitrogen and oxygen atoms in total. The molecule has 1 N–H and O–H groups in total. The van der Waals surface area contributed by atoms with Gasteiger partial charge in [-0.3, -0.25) is 9.78 Å². The maximum atomic E-state index is 12.1. The number of ether oxygens (including phenoxy) is 2. The van der Waals surface area contributed by atoms with Gasteiger partial charge < -0.3 is 9.47 Å². The molecule has 0 aliphatic rings. The molecule has 0 unspecified atom stereocenters. The smallest absolute Gasteiger partial charge is 0.272 e. The Kier molecular flexibility index (Phi) is 8.28. The summed E-state index contributed by atoms with van der Waals surface area (Å²) in [5.41, 5.74) is 4.39. The number of aromatic nitrogens is 1. The van der Waals surface area contributed by atoms with Crippen LogP contribution in [0.4, 0.5) is 0 Å². The Morgan fingerprint density at radius 2 is 2.06 bits per heavy atom. The first-order chi connectivity index (χ1) is 15.0. The zero-order chi connectivity index (χ0) is 22.2. The Morgan fingerprint density at radius 1 is 1.23 bits per heavy atom. The molecule has 0 atom stereocenters. The van der Waals surface area contributed by atoms with E-state index in [1.807, 2.05) is 13.0 Å². The summed E-state index contributed by atoms with van der Waals surface area (Å²) in [4.78, 5) is 16.0. The normalized spacial score (nSPS) is 10.8. The molecule has 31 heavy (non-hydrogen) atoms. The van der Waals surface area contributed by atoms with Crippen LogP contribution in [0.1, 0.15) is 28.4 Å². The van der Waals surface area contributed by atoms with Crippen LogP contribution in [-0.4, -0.2) is 23.7 Å². The summed E-state index contributed by atoms with van der Waals surface area (Å²) in [6.07, 6.45) is 4.58. The van der Waals surface area contributed by atoms with E-state index in [0.29, 0.717) is 43.8 Å². The minimum Gasteiger partial charge on any atom is -0.490 e. The lowest BCUT2D eigenvalue weighted by Crippen LogP contribution is -2.17. The van der Waals surface area contributed by atoms with Crippen LogP contribution in [0.2, 0.25) is 10.0 Å². The van der Waals surface area contributed by atoms with Crippen LogP contribution in [0.5, 0.6) is 11.5 Å². The van der Waals surface area contributed by atoms with E-state index in [9.17, 15) is 4.79 Å². The van der Waals surface area contributed by atoms with Crippen LogP contribution in [0.3, 0.4) is 0 Å². The van der Waals surface area contributed by atoms with Crippen LogP contribution in [0.25, 0.3) is 0 Å². The SMILES string of the molecule is CCOc1cc(/C=N/NC(=O)c2cccnc2)cc(Br)c1OCc1ccc(Cl)cc1Cl. The van der Waals surface area contributed by atoms with Crippen LogP contribution < -0.4 is 14.9 Å². The lowest BCUT2D eigenvalue weighted by Gasteiger charge is -2.15. The Labute approximate surface area is 198 Å². The number of carbonyl (C=O) groups is 1. The van der Waals surface area contributed by atoms with E-state index in [1.54, 1.807) is 42.6 Å². The van der Waals surface area contributed by atoms with Gasteiger partial charge in [0.1, 0.15) is 6.61 Å². The number of carbonyl (C=O) groups excluding carboxylic acids is 1. The number of amides is 1. The molecule has 1 heterocycles. The number of rotatable bonds is 8. The number of nitrogens with zero attached hydrogens (tertiary/aromatic N) is 2. The quantitative estimate of drug-likeness (QED) is 0.295. The number of hydrogen-bond donors (Lipinski definition) is 1. The standard InChI is InChI=1S/C22H18BrCl2N3O3/c1-2-30-20-9-14(11-27-28-22(29)15-4-3-7-26-12-15)8-18(23)21(20)31-13-16-5-6-17(24)10-19(16)25/h3-12H,2,13H2,1H3,(H,28,29)/b27-11+. The molecule has 0 aliphatic carbocycles. The molecule has 0 aliphatic heterocycles. The van der Waals surface area contributed by atoms with Crippen LogP contribution >= 0.6 is 39.1 Å². The van der Waals surface area contributed by atoms with Gasteiger partial charge in [-0.25, -0.2) is 5.43 Å². The first-order valence-corrected chi connectivity index (χ1v) is 10.8. The maximum absolute atomic E-state index is 12.1. The van der Waals surface area contributed by atoms with Crippen LogP contribution in [0.15, 0.2) is 64.4 Å². The van der Waals surface area contributed by atoms with E-state index in [-0.39, 0.29) is 12.5 Å². The molecule has 0 radical (unpaired) electrons. The number of pyridine rings is 1. The number of benzene rings is 2. The van der Waals surface area contributed by atoms with Gasteiger partial charge in [0, 0.05) is 28.0 Å². The highest BCUT2D eigenvalue weighted by Gasteiger charge is 2.13. The minimum absolute atomic E-state index is 0.239. The fourth-order valence-electron chi connectivity index (χ4n) is 2.58. The first kappa shape index (κ1) is 23.1. The molecule has 3 rings (SSSR count). The van der Waals surface area contributed by atoms with Gasteiger partial charge in [0.15, 0.2) is 11.5 Å². The van der Waals surface area contributed by atoms with Crippen molar-refractivity contribution in [2.45, 2.75) is 13.5 Å². The van der Waals surface area contributed by atoms with Gasteiger partial charge >= 0.3 is 0 Å². The van der Waals surface area contributed by atoms with E-state index in [2.05, 4.69) is 31.4 Å². The highest BCUT2D eigenvalue weighted by Crippen LogP contribution is 2.37. The predicted octanol–water partition coefficient (Wildman–Crippen LogP) is 5.89. The Balaban J connectivity index is 1.74. The van der Waals surface area contributed by atoms with Crippen molar-refractivity contribution in [3.63, 3.8) is 0 Å². The third-order valence-corrected chi connectivity index (χ3v) is 5.20. The summed E-state index contributed by atoms with van der Waals surface area (Å²) in [7, 11) is 0. The summed E-state index contributed by atoms with van der Waals surface area (Å²) in [6, 6.07) is 12.1. The monoisotopic (exact) mass is 521 g/mol. The number of hydrogen-bond acceptors (Lipinski definition) is 5. The fraction of sp³-hybridized carbons (Fsp3) is 0.136. The van der Waals surface area contributed by atoms with Crippen molar-refractivity contribution in [1.29, 1.82) is 0 Å². The Morgan fingerprint density at radius 3 is 2.77 bits per heavy atom. The second-order valence-electron chi connectivity index (χ2n) is 6.23. The van der Waals surface area contributed by atoms with Gasteiger partial charge in [-0.15, -0.1) is 0 Å². The first-order valence-electron chi connectivity index (χ1n) is 9.24. The predicted molar refractivity (Wildman–Crippen MR) is 125 cm³/mol. The lowest BCUT2D eigenvalue weighted by molar-refractivity contribution is 0.0955. The average molecular weight is 523 g/mol. The minimum atomic E-state index is -0.353.